The molecule has 2 aliphatic heterocycles. The van der Waals surface area contributed by atoms with E-state index in [1.807, 2.05) is 35.8 Å². The zero-order valence-corrected chi connectivity index (χ0v) is 18.0. The molecule has 0 spiro atoms. The van der Waals surface area contributed by atoms with Crippen LogP contribution < -0.4 is 0 Å². The lowest BCUT2D eigenvalue weighted by molar-refractivity contribution is -0.142. The first-order valence-corrected chi connectivity index (χ1v) is 10.9. The largest absolute Gasteiger partial charge is 0.342 e. The lowest BCUT2D eigenvalue weighted by Crippen LogP contribution is -2.46. The Kier molecular flexibility index (Phi) is 7.17. The second-order valence-corrected chi connectivity index (χ2v) is 8.61. The zero-order chi connectivity index (χ0) is 21.0. The van der Waals surface area contributed by atoms with E-state index < -0.39 is 0 Å². The van der Waals surface area contributed by atoms with Gasteiger partial charge in [0.05, 0.1) is 10.6 Å². The lowest BCUT2D eigenvalue weighted by Gasteiger charge is -2.34. The van der Waals surface area contributed by atoms with Crippen molar-refractivity contribution in [1.29, 1.82) is 0 Å². The van der Waals surface area contributed by atoms with E-state index in [-0.39, 0.29) is 29.6 Å². The van der Waals surface area contributed by atoms with Crippen molar-refractivity contribution in [2.24, 2.45) is 11.8 Å². The molecule has 0 atom stereocenters. The van der Waals surface area contributed by atoms with Crippen LogP contribution in [0.1, 0.15) is 43.5 Å². The molecule has 1 aromatic carbocycles. The van der Waals surface area contributed by atoms with Gasteiger partial charge < -0.3 is 14.7 Å². The summed E-state index contributed by atoms with van der Waals surface area (Å²) in [7, 11) is 0. The molecular weight excluding hydrogens is 390 g/mol. The van der Waals surface area contributed by atoms with Gasteiger partial charge in [-0.05, 0) is 31.4 Å². The van der Waals surface area contributed by atoms with Crippen LogP contribution in [0.3, 0.4) is 0 Å². The van der Waals surface area contributed by atoms with Crippen LogP contribution in [0.5, 0.6) is 0 Å². The fourth-order valence-corrected chi connectivity index (χ4v) is 4.33. The maximum absolute atomic E-state index is 13.0. The van der Waals surface area contributed by atoms with Crippen LogP contribution in [0.25, 0.3) is 0 Å². The first-order valence-electron chi connectivity index (χ1n) is 10.5. The zero-order valence-electron chi connectivity index (χ0n) is 17.3. The Morgan fingerprint density at radius 3 is 2.17 bits per heavy atom. The monoisotopic (exact) mass is 419 g/mol. The van der Waals surface area contributed by atoms with E-state index >= 15 is 0 Å². The van der Waals surface area contributed by atoms with Gasteiger partial charge in [-0.2, -0.15) is 0 Å². The van der Waals surface area contributed by atoms with Crippen LogP contribution in [-0.2, 0) is 9.59 Å². The highest BCUT2D eigenvalue weighted by atomic mass is 35.5. The Balaban J connectivity index is 1.54. The molecule has 1 aromatic rings. The molecule has 6 nitrogen and oxygen atoms in total. The summed E-state index contributed by atoms with van der Waals surface area (Å²) in [5.74, 6) is 0.213. The van der Waals surface area contributed by atoms with Crippen LogP contribution >= 0.6 is 11.6 Å². The molecular formula is C22H30ClN3O3. The average molecular weight is 420 g/mol. The van der Waals surface area contributed by atoms with Crippen molar-refractivity contribution < 1.29 is 14.4 Å². The van der Waals surface area contributed by atoms with E-state index in [1.54, 1.807) is 17.0 Å². The Bertz CT molecular complexity index is 759. The SMILES string of the molecule is CC(C)C(=O)N1CCC(C(=O)N2CCCN(C(=O)c3ccccc3Cl)CC2)CC1. The van der Waals surface area contributed by atoms with Crippen LogP contribution in [0.15, 0.2) is 24.3 Å². The van der Waals surface area contributed by atoms with Gasteiger partial charge in [0.15, 0.2) is 0 Å². The van der Waals surface area contributed by atoms with Crippen LogP contribution in [-0.4, -0.2) is 71.7 Å². The molecule has 7 heteroatoms. The minimum absolute atomic E-state index is 0.00510. The summed E-state index contributed by atoms with van der Waals surface area (Å²) in [4.78, 5) is 43.5. The van der Waals surface area contributed by atoms with Gasteiger partial charge in [-0.15, -0.1) is 0 Å². The molecule has 158 valence electrons. The smallest absolute Gasteiger partial charge is 0.255 e. The number of carbonyl (C=O) groups is 3. The Morgan fingerprint density at radius 1 is 0.897 bits per heavy atom. The lowest BCUT2D eigenvalue weighted by atomic mass is 9.94. The Hall–Kier alpha value is -2.08. The van der Waals surface area contributed by atoms with Crippen molar-refractivity contribution in [3.63, 3.8) is 0 Å². The highest BCUT2D eigenvalue weighted by Gasteiger charge is 2.32. The standard InChI is InChI=1S/C22H30ClN3O3/c1-16(2)20(27)26-12-8-17(9-13-26)21(28)24-10-5-11-25(15-14-24)22(29)18-6-3-4-7-19(18)23/h3-4,6-7,16-17H,5,8-15H2,1-2H3. The topological polar surface area (TPSA) is 60.9 Å². The van der Waals surface area contributed by atoms with Crippen molar-refractivity contribution >= 4 is 29.3 Å². The molecule has 0 unspecified atom stereocenters. The number of likely N-dealkylation sites (tertiary alicyclic amines) is 1. The molecule has 2 heterocycles. The summed E-state index contributed by atoms with van der Waals surface area (Å²) in [6.07, 6.45) is 2.19. The first-order chi connectivity index (χ1) is 13.9. The normalized spacial score (nSPS) is 18.7. The Morgan fingerprint density at radius 2 is 1.52 bits per heavy atom. The molecule has 29 heavy (non-hydrogen) atoms. The second kappa shape index (κ2) is 9.61. The molecule has 0 saturated carbocycles. The molecule has 2 fully saturated rings. The summed E-state index contributed by atoms with van der Waals surface area (Å²) in [5, 5.41) is 0.456. The van der Waals surface area contributed by atoms with Gasteiger partial charge in [-0.25, -0.2) is 0 Å². The third kappa shape index (κ3) is 5.10. The van der Waals surface area contributed by atoms with Gasteiger partial charge >= 0.3 is 0 Å². The number of carbonyl (C=O) groups excluding carboxylic acids is 3. The van der Waals surface area contributed by atoms with E-state index in [2.05, 4.69) is 0 Å². The molecule has 0 N–H and O–H groups in total. The molecule has 2 saturated heterocycles. The van der Waals surface area contributed by atoms with Crippen LogP contribution in [0, 0.1) is 11.8 Å². The van der Waals surface area contributed by atoms with Gasteiger partial charge in [-0.1, -0.05) is 37.6 Å². The summed E-state index contributed by atoms with van der Waals surface area (Å²) in [6.45, 7) is 7.46. The molecule has 3 rings (SSSR count). The van der Waals surface area contributed by atoms with Gasteiger partial charge in [0.1, 0.15) is 0 Å². The van der Waals surface area contributed by atoms with Gasteiger partial charge in [-0.3, -0.25) is 14.4 Å². The first kappa shape index (κ1) is 21.6. The maximum Gasteiger partial charge on any atom is 0.255 e. The third-order valence-corrected chi connectivity index (χ3v) is 6.18. The predicted molar refractivity (Wildman–Crippen MR) is 113 cm³/mol. The molecule has 3 amide bonds. The number of hydrogen-bond donors (Lipinski definition) is 0. The van der Waals surface area contributed by atoms with Gasteiger partial charge in [0.2, 0.25) is 11.8 Å². The van der Waals surface area contributed by atoms with Gasteiger partial charge in [0, 0.05) is 51.1 Å². The van der Waals surface area contributed by atoms with Crippen molar-refractivity contribution in [3.8, 4) is 0 Å². The molecule has 0 aromatic heterocycles. The van der Waals surface area contributed by atoms with Crippen LogP contribution in [0.2, 0.25) is 5.02 Å². The summed E-state index contributed by atoms with van der Waals surface area (Å²) in [5.41, 5.74) is 0.510. The molecule has 0 bridgehead atoms. The van der Waals surface area contributed by atoms with Crippen molar-refractivity contribution in [1.82, 2.24) is 14.7 Å². The van der Waals surface area contributed by atoms with Crippen molar-refractivity contribution in [2.75, 3.05) is 39.3 Å². The fourth-order valence-electron chi connectivity index (χ4n) is 4.12. The number of hydrogen-bond acceptors (Lipinski definition) is 3. The van der Waals surface area contributed by atoms with E-state index in [9.17, 15) is 14.4 Å². The van der Waals surface area contributed by atoms with Crippen LogP contribution in [0.4, 0.5) is 0 Å². The number of rotatable bonds is 3. The van der Waals surface area contributed by atoms with Gasteiger partial charge in [0.25, 0.3) is 5.91 Å². The van der Waals surface area contributed by atoms with Crippen molar-refractivity contribution in [2.45, 2.75) is 33.1 Å². The minimum atomic E-state index is -0.0783. The van der Waals surface area contributed by atoms with Crippen molar-refractivity contribution in [3.05, 3.63) is 34.9 Å². The van der Waals surface area contributed by atoms with E-state index in [0.29, 0.717) is 49.9 Å². The summed E-state index contributed by atoms with van der Waals surface area (Å²) in [6, 6.07) is 7.08. The quantitative estimate of drug-likeness (QED) is 0.756. The predicted octanol–water partition coefficient (Wildman–Crippen LogP) is 2.91. The number of piperidine rings is 1. The molecule has 0 aliphatic carbocycles. The summed E-state index contributed by atoms with van der Waals surface area (Å²) >= 11 is 6.17. The second-order valence-electron chi connectivity index (χ2n) is 8.21. The number of benzene rings is 1. The maximum atomic E-state index is 13.0. The summed E-state index contributed by atoms with van der Waals surface area (Å²) < 4.78 is 0. The number of halogens is 1. The molecule has 2 aliphatic rings. The molecule has 0 radical (unpaired) electrons. The van der Waals surface area contributed by atoms with E-state index in [1.165, 1.54) is 0 Å². The number of amides is 3. The highest BCUT2D eigenvalue weighted by molar-refractivity contribution is 6.33. The van der Waals surface area contributed by atoms with E-state index in [4.69, 9.17) is 11.6 Å². The Labute approximate surface area is 177 Å². The highest BCUT2D eigenvalue weighted by Crippen LogP contribution is 2.23. The minimum Gasteiger partial charge on any atom is -0.342 e. The van der Waals surface area contributed by atoms with E-state index in [0.717, 1.165) is 19.3 Å². The average Bonchev–Trinajstić information content (AvgIpc) is 2.99. The third-order valence-electron chi connectivity index (χ3n) is 5.85. The number of nitrogens with zero attached hydrogens (tertiary/aromatic N) is 3. The fraction of sp³-hybridized carbons (Fsp3) is 0.591.